The molecule has 21 heavy (non-hydrogen) atoms. The Labute approximate surface area is 128 Å². The lowest BCUT2D eigenvalue weighted by Gasteiger charge is -2.34. The highest BCUT2D eigenvalue weighted by Gasteiger charge is 2.30. The Bertz CT molecular complexity index is 355. The third kappa shape index (κ3) is 5.30. The Kier molecular flexibility index (Phi) is 7.15. The van der Waals surface area contributed by atoms with Gasteiger partial charge in [0.15, 0.2) is 0 Å². The molecular weight excluding hydrogens is 268 g/mol. The van der Waals surface area contributed by atoms with Gasteiger partial charge < -0.3 is 15.3 Å². The zero-order valence-corrected chi connectivity index (χ0v) is 13.8. The van der Waals surface area contributed by atoms with E-state index in [0.29, 0.717) is 13.0 Å². The molecule has 0 radical (unpaired) electrons. The van der Waals surface area contributed by atoms with Crippen LogP contribution in [0, 0.1) is 17.8 Å². The van der Waals surface area contributed by atoms with E-state index in [4.69, 9.17) is 5.11 Å². The van der Waals surface area contributed by atoms with E-state index in [-0.39, 0.29) is 42.2 Å². The first-order valence-corrected chi connectivity index (χ1v) is 8.06. The number of nitrogens with one attached hydrogen (secondary N) is 1. The molecule has 0 aromatic heterocycles. The molecule has 1 aliphatic heterocycles. The molecule has 1 fully saturated rings. The minimum Gasteiger partial charge on any atom is -0.396 e. The number of carbonyl (C=O) groups excluding carboxylic acids is 2. The van der Waals surface area contributed by atoms with Crippen LogP contribution in [0.25, 0.3) is 0 Å². The molecule has 122 valence electrons. The monoisotopic (exact) mass is 298 g/mol. The number of rotatable bonds is 6. The van der Waals surface area contributed by atoms with Crippen molar-refractivity contribution >= 4 is 11.8 Å². The molecule has 2 atom stereocenters. The lowest BCUT2D eigenvalue weighted by Crippen LogP contribution is -2.49. The highest BCUT2D eigenvalue weighted by Crippen LogP contribution is 2.19. The van der Waals surface area contributed by atoms with Crippen LogP contribution in [0.3, 0.4) is 0 Å². The topological polar surface area (TPSA) is 69.6 Å². The first kappa shape index (κ1) is 18.0. The summed E-state index contributed by atoms with van der Waals surface area (Å²) in [5, 5.41) is 12.1. The molecule has 0 aromatic rings. The van der Waals surface area contributed by atoms with E-state index in [2.05, 4.69) is 5.32 Å². The minimum absolute atomic E-state index is 0.00123. The number of carbonyl (C=O) groups is 2. The maximum atomic E-state index is 12.4. The number of piperidine rings is 1. The lowest BCUT2D eigenvalue weighted by atomic mass is 9.94. The Morgan fingerprint density at radius 3 is 2.48 bits per heavy atom. The van der Waals surface area contributed by atoms with Crippen molar-refractivity contribution in [1.82, 2.24) is 10.2 Å². The number of nitrogens with zero attached hydrogens (tertiary/aromatic N) is 1. The zero-order valence-electron chi connectivity index (χ0n) is 13.8. The number of aliphatic hydroxyl groups is 1. The van der Waals surface area contributed by atoms with E-state index in [1.165, 1.54) is 0 Å². The van der Waals surface area contributed by atoms with Gasteiger partial charge in [0.1, 0.15) is 0 Å². The van der Waals surface area contributed by atoms with E-state index in [9.17, 15) is 9.59 Å². The summed E-state index contributed by atoms with van der Waals surface area (Å²) in [6.07, 6.45) is 2.28. The molecule has 1 rings (SSSR count). The van der Waals surface area contributed by atoms with Gasteiger partial charge in [-0.25, -0.2) is 0 Å². The van der Waals surface area contributed by atoms with E-state index in [1.54, 1.807) is 0 Å². The number of aliphatic hydroxyl groups excluding tert-OH is 1. The van der Waals surface area contributed by atoms with Gasteiger partial charge in [0, 0.05) is 31.7 Å². The molecule has 0 aliphatic carbocycles. The van der Waals surface area contributed by atoms with Crippen molar-refractivity contribution < 1.29 is 14.7 Å². The van der Waals surface area contributed by atoms with Gasteiger partial charge in [-0.1, -0.05) is 27.7 Å². The quantitative estimate of drug-likeness (QED) is 0.779. The molecular formula is C16H30N2O3. The van der Waals surface area contributed by atoms with Crippen molar-refractivity contribution in [2.45, 2.75) is 53.0 Å². The van der Waals surface area contributed by atoms with Crippen LogP contribution in [0.2, 0.25) is 0 Å². The van der Waals surface area contributed by atoms with Crippen LogP contribution in [0.15, 0.2) is 0 Å². The maximum absolute atomic E-state index is 12.4. The van der Waals surface area contributed by atoms with Gasteiger partial charge in [0.2, 0.25) is 11.8 Å². The molecule has 5 nitrogen and oxygen atoms in total. The summed E-state index contributed by atoms with van der Waals surface area (Å²) in [7, 11) is 0. The van der Waals surface area contributed by atoms with Gasteiger partial charge in [-0.3, -0.25) is 9.59 Å². The van der Waals surface area contributed by atoms with Crippen molar-refractivity contribution in [2.75, 3.05) is 19.7 Å². The van der Waals surface area contributed by atoms with Crippen LogP contribution in [0.4, 0.5) is 0 Å². The second-order valence-electron chi connectivity index (χ2n) is 6.65. The van der Waals surface area contributed by atoms with Crippen LogP contribution >= 0.6 is 0 Å². The second kappa shape index (κ2) is 8.37. The normalized spacial score (nSPS) is 20.7. The summed E-state index contributed by atoms with van der Waals surface area (Å²) >= 11 is 0. The number of amides is 2. The first-order valence-electron chi connectivity index (χ1n) is 8.06. The predicted octanol–water partition coefficient (Wildman–Crippen LogP) is 1.40. The highest BCUT2D eigenvalue weighted by atomic mass is 16.3. The fourth-order valence-corrected chi connectivity index (χ4v) is 2.77. The molecule has 1 heterocycles. The van der Waals surface area contributed by atoms with E-state index < -0.39 is 0 Å². The highest BCUT2D eigenvalue weighted by molar-refractivity contribution is 5.82. The first-order chi connectivity index (χ1) is 9.86. The van der Waals surface area contributed by atoms with Gasteiger partial charge in [0.05, 0.1) is 5.92 Å². The van der Waals surface area contributed by atoms with E-state index in [0.717, 1.165) is 19.4 Å². The fraction of sp³-hybridized carbons (Fsp3) is 0.875. The molecule has 0 bridgehead atoms. The number of likely N-dealkylation sites (tertiary alicyclic amines) is 1. The predicted molar refractivity (Wildman–Crippen MR) is 82.6 cm³/mol. The average Bonchev–Trinajstić information content (AvgIpc) is 2.45. The summed E-state index contributed by atoms with van der Waals surface area (Å²) in [5.74, 6) is 0.288. The fourth-order valence-electron chi connectivity index (χ4n) is 2.77. The molecule has 2 amide bonds. The molecule has 2 unspecified atom stereocenters. The number of hydrogen-bond donors (Lipinski definition) is 2. The van der Waals surface area contributed by atoms with Gasteiger partial charge in [-0.15, -0.1) is 0 Å². The Balaban J connectivity index is 2.59. The zero-order chi connectivity index (χ0) is 16.0. The van der Waals surface area contributed by atoms with Gasteiger partial charge in [-0.05, 0) is 25.2 Å². The van der Waals surface area contributed by atoms with Gasteiger partial charge in [0.25, 0.3) is 0 Å². The van der Waals surface area contributed by atoms with E-state index in [1.807, 2.05) is 32.6 Å². The van der Waals surface area contributed by atoms with Crippen LogP contribution in [-0.4, -0.2) is 47.6 Å². The lowest BCUT2D eigenvalue weighted by molar-refractivity contribution is -0.138. The molecule has 1 aliphatic rings. The van der Waals surface area contributed by atoms with Crippen molar-refractivity contribution in [1.29, 1.82) is 0 Å². The minimum atomic E-state index is -0.124. The number of hydrogen-bond acceptors (Lipinski definition) is 3. The molecule has 0 aromatic carbocycles. The maximum Gasteiger partial charge on any atom is 0.225 e. The largest absolute Gasteiger partial charge is 0.396 e. The second-order valence-corrected chi connectivity index (χ2v) is 6.65. The standard InChI is InChI=1S/C16H30N2O3/c1-11(2)14(7-9-19)17-15(20)13-6-5-8-18(10-13)16(21)12(3)4/h11-14,19H,5-10H2,1-4H3,(H,17,20). The summed E-state index contributed by atoms with van der Waals surface area (Å²) in [6.45, 7) is 9.21. The SMILES string of the molecule is CC(C)C(=O)N1CCCC(C(=O)NC(CCO)C(C)C)C1. The van der Waals surface area contributed by atoms with Crippen molar-refractivity contribution in [3.05, 3.63) is 0 Å². The summed E-state index contributed by atoms with van der Waals surface area (Å²) in [5.41, 5.74) is 0. The van der Waals surface area contributed by atoms with Gasteiger partial charge >= 0.3 is 0 Å². The Morgan fingerprint density at radius 2 is 1.95 bits per heavy atom. The van der Waals surface area contributed by atoms with Gasteiger partial charge in [-0.2, -0.15) is 0 Å². The molecule has 2 N–H and O–H groups in total. The van der Waals surface area contributed by atoms with Crippen LogP contribution in [0.5, 0.6) is 0 Å². The van der Waals surface area contributed by atoms with Crippen molar-refractivity contribution in [3.8, 4) is 0 Å². The summed E-state index contributed by atoms with van der Waals surface area (Å²) in [4.78, 5) is 26.3. The average molecular weight is 298 g/mol. The van der Waals surface area contributed by atoms with Crippen LogP contribution < -0.4 is 5.32 Å². The Hall–Kier alpha value is -1.10. The van der Waals surface area contributed by atoms with E-state index >= 15 is 0 Å². The third-order valence-corrected chi connectivity index (χ3v) is 4.17. The molecule has 1 saturated heterocycles. The summed E-state index contributed by atoms with van der Waals surface area (Å²) in [6, 6.07) is -0.00123. The van der Waals surface area contributed by atoms with Crippen molar-refractivity contribution in [3.63, 3.8) is 0 Å². The molecule has 0 saturated carbocycles. The smallest absolute Gasteiger partial charge is 0.225 e. The van der Waals surface area contributed by atoms with Crippen molar-refractivity contribution in [2.24, 2.45) is 17.8 Å². The Morgan fingerprint density at radius 1 is 1.29 bits per heavy atom. The van der Waals surface area contributed by atoms with Crippen LogP contribution in [-0.2, 0) is 9.59 Å². The molecule has 0 spiro atoms. The third-order valence-electron chi connectivity index (χ3n) is 4.17. The summed E-state index contributed by atoms with van der Waals surface area (Å²) < 4.78 is 0. The van der Waals surface area contributed by atoms with Crippen LogP contribution in [0.1, 0.15) is 47.0 Å². The molecule has 5 heteroatoms.